The van der Waals surface area contributed by atoms with Crippen LogP contribution in [0, 0.1) is 29.0 Å². The Morgan fingerprint density at radius 2 is 1.89 bits per heavy atom. The van der Waals surface area contributed by atoms with Crippen LogP contribution in [0.3, 0.4) is 0 Å². The highest BCUT2D eigenvalue weighted by atomic mass is 32.2. The third-order valence-electron chi connectivity index (χ3n) is 12.1. The minimum absolute atomic E-state index is 0.0528. The highest BCUT2D eigenvalue weighted by molar-refractivity contribution is 7.91. The number of hydrogen-bond donors (Lipinski definition) is 3. The van der Waals surface area contributed by atoms with Crippen LogP contribution in [0.4, 0.5) is 9.18 Å². The number of aromatic nitrogens is 1. The molecule has 16 heteroatoms. The van der Waals surface area contributed by atoms with Crippen molar-refractivity contribution < 1.29 is 46.6 Å². The summed E-state index contributed by atoms with van der Waals surface area (Å²) in [7, 11) is -2.52. The van der Waals surface area contributed by atoms with Crippen molar-refractivity contribution in [3.05, 3.63) is 42.4 Å². The number of halogens is 1. The highest BCUT2D eigenvalue weighted by Crippen LogP contribution is 2.48. The second-order valence-electron chi connectivity index (χ2n) is 16.7. The first kappa shape index (κ1) is 38.8. The van der Waals surface area contributed by atoms with E-state index in [-0.39, 0.29) is 48.9 Å². The smallest absolute Gasteiger partial charge is 0.408 e. The van der Waals surface area contributed by atoms with Gasteiger partial charge >= 0.3 is 6.09 Å². The molecule has 2 aliphatic heterocycles. The summed E-state index contributed by atoms with van der Waals surface area (Å²) in [5, 5.41) is 13.6. The topological polar surface area (TPSA) is 185 Å². The molecule has 4 fully saturated rings. The van der Waals surface area contributed by atoms with Crippen LogP contribution in [0.2, 0.25) is 0 Å². The molecule has 0 bridgehead atoms. The lowest BCUT2D eigenvalue weighted by Crippen LogP contribution is -2.60. The van der Waals surface area contributed by atoms with Crippen LogP contribution in [0.5, 0.6) is 11.6 Å². The minimum Gasteiger partial charge on any atom is -0.496 e. The van der Waals surface area contributed by atoms with E-state index in [2.05, 4.69) is 21.9 Å². The van der Waals surface area contributed by atoms with Crippen LogP contribution in [0.1, 0.15) is 78.6 Å². The molecule has 0 unspecified atom stereocenters. The average Bonchev–Trinajstić information content (AvgIpc) is 4.06. The number of hydrogen-bond acceptors (Lipinski definition) is 9. The molecule has 4 amide bonds. The second kappa shape index (κ2) is 14.6. The van der Waals surface area contributed by atoms with Gasteiger partial charge in [-0.25, -0.2) is 22.6 Å². The largest absolute Gasteiger partial charge is 0.496 e. The number of benzene rings is 1. The van der Waals surface area contributed by atoms with E-state index in [4.69, 9.17) is 9.47 Å². The number of methoxy groups -OCH3 is 1. The molecule has 3 aliphatic carbocycles. The van der Waals surface area contributed by atoms with Crippen LogP contribution in [0.25, 0.3) is 10.8 Å². The van der Waals surface area contributed by atoms with Crippen LogP contribution in [0.15, 0.2) is 36.5 Å². The molecule has 2 aromatic rings. The number of sulfonamides is 1. The number of fused-ring (bicyclic) bond motifs is 3. The monoisotopic (exact) mass is 783 g/mol. The SMILES string of the molecule is COc1cc(F)cc2c(O[C@@H]3C[C@H]4C(=O)N[C@]5(C(=O)NS(=O)(=O)C6CC6)C[C@H]5C=CCC[C@H](C)C[C@@H](C)[C@H](N(CC5(C)CC5)C(=O)O)C(=O)N4C3)nccc12. The lowest BCUT2D eigenvalue weighted by molar-refractivity contribution is -0.144. The molecule has 298 valence electrons. The predicted molar refractivity (Wildman–Crippen MR) is 199 cm³/mol. The number of rotatable bonds is 9. The first-order chi connectivity index (χ1) is 26.0. The van der Waals surface area contributed by atoms with Crippen molar-refractivity contribution in [1.29, 1.82) is 0 Å². The Balaban J connectivity index is 1.26. The zero-order chi connectivity index (χ0) is 39.4. The van der Waals surface area contributed by atoms with E-state index in [1.807, 2.05) is 26.0 Å². The van der Waals surface area contributed by atoms with Gasteiger partial charge in [-0.05, 0) is 80.8 Å². The summed E-state index contributed by atoms with van der Waals surface area (Å²) in [6, 6.07) is 1.79. The Labute approximate surface area is 320 Å². The summed E-state index contributed by atoms with van der Waals surface area (Å²) >= 11 is 0. The number of amides is 4. The number of nitrogens with zero attached hydrogens (tertiary/aromatic N) is 3. The molecular weight excluding hydrogens is 734 g/mol. The molecule has 5 aliphatic rings. The lowest BCUT2D eigenvalue weighted by atomic mass is 9.86. The zero-order valence-corrected chi connectivity index (χ0v) is 32.4. The van der Waals surface area contributed by atoms with E-state index < -0.39 is 80.5 Å². The van der Waals surface area contributed by atoms with Crippen molar-refractivity contribution in [2.45, 2.75) is 108 Å². The van der Waals surface area contributed by atoms with E-state index in [9.17, 15) is 32.3 Å². The predicted octanol–water partition coefficient (Wildman–Crippen LogP) is 4.38. The van der Waals surface area contributed by atoms with Gasteiger partial charge in [-0.15, -0.1) is 0 Å². The maximum atomic E-state index is 15.0. The molecule has 0 spiro atoms. The van der Waals surface area contributed by atoms with Crippen LogP contribution in [-0.2, 0) is 24.4 Å². The van der Waals surface area contributed by atoms with Gasteiger partial charge < -0.3 is 24.8 Å². The number of carboxylic acid groups (broad SMARTS) is 1. The van der Waals surface area contributed by atoms with Gasteiger partial charge in [0.1, 0.15) is 35.3 Å². The fourth-order valence-corrected chi connectivity index (χ4v) is 9.76. The highest BCUT2D eigenvalue weighted by Gasteiger charge is 2.62. The Morgan fingerprint density at radius 1 is 1.15 bits per heavy atom. The van der Waals surface area contributed by atoms with E-state index in [1.165, 1.54) is 35.2 Å². The number of nitrogens with one attached hydrogen (secondary N) is 2. The Kier molecular flexibility index (Phi) is 10.3. The van der Waals surface area contributed by atoms with E-state index in [0.29, 0.717) is 36.5 Å². The molecule has 1 aromatic heterocycles. The number of carbonyl (C=O) groups excluding carboxylic acids is 3. The zero-order valence-electron chi connectivity index (χ0n) is 31.6. The molecule has 3 saturated carbocycles. The number of carbonyl (C=O) groups is 4. The van der Waals surface area contributed by atoms with Gasteiger partial charge in [0.25, 0.3) is 5.91 Å². The van der Waals surface area contributed by atoms with Crippen molar-refractivity contribution in [1.82, 2.24) is 24.8 Å². The van der Waals surface area contributed by atoms with Gasteiger partial charge in [-0.2, -0.15) is 0 Å². The summed E-state index contributed by atoms with van der Waals surface area (Å²) < 4.78 is 54.4. The minimum atomic E-state index is -3.94. The van der Waals surface area contributed by atoms with E-state index in [1.54, 1.807) is 6.07 Å². The first-order valence-electron chi connectivity index (χ1n) is 19.2. The fourth-order valence-electron chi connectivity index (χ4n) is 8.40. The molecule has 0 radical (unpaired) electrons. The van der Waals surface area contributed by atoms with Crippen LogP contribution >= 0.6 is 0 Å². The standard InChI is InChI=1S/C39H50FN5O9S/c1-22-7-5-6-8-24-19-39(24,36(48)43-55(51,52)27-9-10-27)42-33(46)30-18-26(54-34-29-16-25(40)17-31(53-4)28(29)11-14-41-34)20-44(30)35(47)32(23(2)15-22)45(37(49)50)21-38(3)12-13-38/h6,8,11,14,16-17,22-24,26-27,30,32H,5,7,9-10,12-13,15,18-21H2,1-4H3,(H,42,46)(H,43,48)(H,49,50)/t22-,23+,24+,26+,30-,32-,39+/m0/s1. The Morgan fingerprint density at radius 3 is 2.56 bits per heavy atom. The summed E-state index contributed by atoms with van der Waals surface area (Å²) in [6.45, 7) is 5.93. The van der Waals surface area contributed by atoms with Gasteiger partial charge in [0, 0.05) is 36.5 Å². The summed E-state index contributed by atoms with van der Waals surface area (Å²) in [6.07, 6.45) is 7.71. The molecule has 14 nitrogen and oxygen atoms in total. The van der Waals surface area contributed by atoms with Gasteiger partial charge in [0.05, 0.1) is 24.3 Å². The molecule has 1 saturated heterocycles. The molecule has 3 N–H and O–H groups in total. The van der Waals surface area contributed by atoms with Crippen molar-refractivity contribution in [2.24, 2.45) is 23.2 Å². The maximum Gasteiger partial charge on any atom is 0.408 e. The van der Waals surface area contributed by atoms with Crippen molar-refractivity contribution in [2.75, 3.05) is 20.2 Å². The van der Waals surface area contributed by atoms with Crippen molar-refractivity contribution in [3.8, 4) is 11.6 Å². The molecule has 1 aromatic carbocycles. The molecule has 3 heterocycles. The molecule has 55 heavy (non-hydrogen) atoms. The molecular formula is C39H50FN5O9S. The Bertz CT molecular complexity index is 2020. The van der Waals surface area contributed by atoms with Crippen LogP contribution < -0.4 is 19.5 Å². The first-order valence-corrected chi connectivity index (χ1v) is 20.7. The average molecular weight is 784 g/mol. The summed E-state index contributed by atoms with van der Waals surface area (Å²) in [4.78, 5) is 63.3. The van der Waals surface area contributed by atoms with Gasteiger partial charge in [0.15, 0.2) is 0 Å². The van der Waals surface area contributed by atoms with Gasteiger partial charge in [-0.3, -0.25) is 24.0 Å². The van der Waals surface area contributed by atoms with Gasteiger partial charge in [0.2, 0.25) is 27.7 Å². The maximum absolute atomic E-state index is 15.0. The Hall–Kier alpha value is -4.47. The summed E-state index contributed by atoms with van der Waals surface area (Å²) in [5.74, 6) is -3.17. The molecule has 7 atom stereocenters. The number of allylic oxidation sites excluding steroid dienone is 1. The number of ether oxygens (including phenoxy) is 2. The second-order valence-corrected chi connectivity index (χ2v) is 18.7. The fraction of sp³-hybridized carbons (Fsp3) is 0.615. The van der Waals surface area contributed by atoms with Crippen LogP contribution in [-0.4, -0.2) is 101 Å². The van der Waals surface area contributed by atoms with Crippen molar-refractivity contribution in [3.63, 3.8) is 0 Å². The third kappa shape index (κ3) is 7.96. The van der Waals surface area contributed by atoms with E-state index in [0.717, 1.165) is 19.3 Å². The van der Waals surface area contributed by atoms with Crippen molar-refractivity contribution >= 4 is 44.6 Å². The normalized spacial score (nSPS) is 30.6. The molecule has 7 rings (SSSR count). The third-order valence-corrected chi connectivity index (χ3v) is 13.9. The lowest BCUT2D eigenvalue weighted by Gasteiger charge is -2.38. The van der Waals surface area contributed by atoms with Gasteiger partial charge in [-0.1, -0.05) is 32.9 Å². The summed E-state index contributed by atoms with van der Waals surface area (Å²) in [5.41, 5.74) is -1.84. The number of pyridine rings is 1. The quantitative estimate of drug-likeness (QED) is 0.309. The van der Waals surface area contributed by atoms with E-state index >= 15 is 4.79 Å².